The van der Waals surface area contributed by atoms with Crippen LogP contribution in [0.3, 0.4) is 0 Å². The molecule has 0 radical (unpaired) electrons. The van der Waals surface area contributed by atoms with Crippen LogP contribution in [0.4, 0.5) is 0 Å². The van der Waals surface area contributed by atoms with Crippen LogP contribution in [-0.4, -0.2) is 20.3 Å². The molecule has 3 aromatic rings. The lowest BCUT2D eigenvalue weighted by atomic mass is 10.1. The van der Waals surface area contributed by atoms with Gasteiger partial charge in [-0.1, -0.05) is 49.3 Å². The normalized spacial score (nSPS) is 11.1. The van der Waals surface area contributed by atoms with Gasteiger partial charge in [0, 0.05) is 11.5 Å². The van der Waals surface area contributed by atoms with Gasteiger partial charge in [0.05, 0.1) is 5.69 Å². The lowest BCUT2D eigenvalue weighted by molar-refractivity contribution is 0.418. The maximum absolute atomic E-state index is 5.23. The largest absolute Gasteiger partial charge is 0.332 e. The van der Waals surface area contributed by atoms with Crippen LogP contribution in [0.2, 0.25) is 0 Å². The molecule has 0 atom stereocenters. The molecule has 96 valence electrons. The van der Waals surface area contributed by atoms with E-state index in [1.165, 1.54) is 0 Å². The average molecular weight is 254 g/mol. The molecule has 1 aromatic carbocycles. The Balaban J connectivity index is 1.92. The standard InChI is InChI=1S/C14H14N4O/c1-9(2)13-15-14(19-18-13)12-8-11(16-17-12)10-6-4-3-5-7-10/h3-9H,1-2H3,(H,16,17). The van der Waals surface area contributed by atoms with Crippen LogP contribution in [0.1, 0.15) is 25.6 Å². The highest BCUT2D eigenvalue weighted by Gasteiger charge is 2.14. The van der Waals surface area contributed by atoms with Gasteiger partial charge in [0.2, 0.25) is 0 Å². The van der Waals surface area contributed by atoms with Crippen molar-refractivity contribution in [2.24, 2.45) is 0 Å². The molecule has 0 bridgehead atoms. The molecule has 1 N–H and O–H groups in total. The summed E-state index contributed by atoms with van der Waals surface area (Å²) in [6.45, 7) is 4.05. The summed E-state index contributed by atoms with van der Waals surface area (Å²) in [5.74, 6) is 1.42. The fourth-order valence-electron chi connectivity index (χ4n) is 1.77. The minimum atomic E-state index is 0.244. The molecule has 3 rings (SSSR count). The molecule has 2 heterocycles. The summed E-state index contributed by atoms with van der Waals surface area (Å²) < 4.78 is 5.23. The maximum atomic E-state index is 5.23. The van der Waals surface area contributed by atoms with E-state index in [0.29, 0.717) is 11.7 Å². The number of hydrogen-bond donors (Lipinski definition) is 1. The molecule has 0 amide bonds. The van der Waals surface area contributed by atoms with Gasteiger partial charge in [0.15, 0.2) is 5.82 Å². The molecular formula is C14H14N4O. The van der Waals surface area contributed by atoms with Gasteiger partial charge in [-0.25, -0.2) is 0 Å². The molecule has 0 saturated carbocycles. The van der Waals surface area contributed by atoms with Crippen LogP contribution in [0, 0.1) is 0 Å². The summed E-state index contributed by atoms with van der Waals surface area (Å²) in [6.07, 6.45) is 0. The predicted octanol–water partition coefficient (Wildman–Crippen LogP) is 3.25. The van der Waals surface area contributed by atoms with E-state index in [2.05, 4.69) is 20.3 Å². The van der Waals surface area contributed by atoms with Gasteiger partial charge in [0.1, 0.15) is 5.69 Å². The van der Waals surface area contributed by atoms with E-state index in [1.807, 2.05) is 50.2 Å². The Morgan fingerprint density at radius 1 is 1.16 bits per heavy atom. The molecule has 5 nitrogen and oxygen atoms in total. The number of aromatic nitrogens is 4. The van der Waals surface area contributed by atoms with Gasteiger partial charge in [-0.2, -0.15) is 10.1 Å². The minimum absolute atomic E-state index is 0.244. The number of aromatic amines is 1. The molecular weight excluding hydrogens is 240 g/mol. The predicted molar refractivity (Wildman–Crippen MR) is 71.4 cm³/mol. The van der Waals surface area contributed by atoms with E-state index in [1.54, 1.807) is 0 Å². The van der Waals surface area contributed by atoms with Crippen LogP contribution in [0.15, 0.2) is 40.9 Å². The van der Waals surface area contributed by atoms with Crippen molar-refractivity contribution >= 4 is 0 Å². The van der Waals surface area contributed by atoms with Gasteiger partial charge in [-0.05, 0) is 6.07 Å². The first-order valence-electron chi connectivity index (χ1n) is 6.19. The summed E-state index contributed by atoms with van der Waals surface area (Å²) in [7, 11) is 0. The summed E-state index contributed by atoms with van der Waals surface area (Å²) in [6, 6.07) is 11.9. The molecule has 19 heavy (non-hydrogen) atoms. The lowest BCUT2D eigenvalue weighted by Gasteiger charge is -1.92. The maximum Gasteiger partial charge on any atom is 0.275 e. The van der Waals surface area contributed by atoms with Crippen LogP contribution in [0.25, 0.3) is 22.8 Å². The topological polar surface area (TPSA) is 67.6 Å². The Hall–Kier alpha value is -2.43. The molecule has 0 saturated heterocycles. The molecule has 0 aliphatic heterocycles. The van der Waals surface area contributed by atoms with Crippen LogP contribution in [0.5, 0.6) is 0 Å². The van der Waals surface area contributed by atoms with E-state index in [0.717, 1.165) is 17.0 Å². The summed E-state index contributed by atoms with van der Waals surface area (Å²) in [4.78, 5) is 4.34. The zero-order chi connectivity index (χ0) is 13.2. The summed E-state index contributed by atoms with van der Waals surface area (Å²) in [5, 5.41) is 11.1. The van der Waals surface area contributed by atoms with E-state index < -0.39 is 0 Å². The van der Waals surface area contributed by atoms with Crippen molar-refractivity contribution in [1.29, 1.82) is 0 Å². The third-order valence-electron chi connectivity index (χ3n) is 2.84. The molecule has 5 heteroatoms. The van der Waals surface area contributed by atoms with E-state index in [9.17, 15) is 0 Å². The minimum Gasteiger partial charge on any atom is -0.332 e. The molecule has 0 unspecified atom stereocenters. The number of nitrogens with one attached hydrogen (secondary N) is 1. The van der Waals surface area contributed by atoms with E-state index in [-0.39, 0.29) is 5.92 Å². The Labute approximate surface area is 110 Å². The van der Waals surface area contributed by atoms with Crippen LogP contribution in [-0.2, 0) is 0 Å². The van der Waals surface area contributed by atoms with Gasteiger partial charge in [-0.3, -0.25) is 5.10 Å². The average Bonchev–Trinajstić information content (AvgIpc) is 3.09. The van der Waals surface area contributed by atoms with E-state index >= 15 is 0 Å². The van der Waals surface area contributed by atoms with Crippen molar-refractivity contribution in [1.82, 2.24) is 20.3 Å². The van der Waals surface area contributed by atoms with Crippen molar-refractivity contribution in [2.75, 3.05) is 0 Å². The summed E-state index contributed by atoms with van der Waals surface area (Å²) in [5.41, 5.74) is 2.65. The number of hydrogen-bond acceptors (Lipinski definition) is 4. The fraction of sp³-hybridized carbons (Fsp3) is 0.214. The SMILES string of the molecule is CC(C)c1noc(-c2cc(-c3ccccc3)n[nH]2)n1. The third kappa shape index (κ3) is 2.27. The van der Waals surface area contributed by atoms with Crippen molar-refractivity contribution in [3.05, 3.63) is 42.2 Å². The highest BCUT2D eigenvalue weighted by atomic mass is 16.5. The second-order valence-electron chi connectivity index (χ2n) is 4.65. The van der Waals surface area contributed by atoms with Crippen LogP contribution < -0.4 is 0 Å². The number of nitrogens with zero attached hydrogens (tertiary/aromatic N) is 3. The number of benzene rings is 1. The number of H-pyrrole nitrogens is 1. The fourth-order valence-corrected chi connectivity index (χ4v) is 1.77. The zero-order valence-corrected chi connectivity index (χ0v) is 10.8. The zero-order valence-electron chi connectivity index (χ0n) is 10.8. The molecule has 0 aliphatic rings. The Bertz CT molecular complexity index is 670. The molecule has 0 aliphatic carbocycles. The van der Waals surface area contributed by atoms with E-state index in [4.69, 9.17) is 4.52 Å². The second kappa shape index (κ2) is 4.68. The van der Waals surface area contributed by atoms with Crippen molar-refractivity contribution in [3.63, 3.8) is 0 Å². The molecule has 2 aromatic heterocycles. The first-order valence-corrected chi connectivity index (χ1v) is 6.19. The molecule has 0 spiro atoms. The quantitative estimate of drug-likeness (QED) is 0.779. The Kier molecular flexibility index (Phi) is 2.87. The monoisotopic (exact) mass is 254 g/mol. The van der Waals surface area contributed by atoms with Crippen molar-refractivity contribution in [3.8, 4) is 22.8 Å². The Morgan fingerprint density at radius 3 is 2.63 bits per heavy atom. The lowest BCUT2D eigenvalue weighted by Crippen LogP contribution is -1.89. The van der Waals surface area contributed by atoms with Crippen molar-refractivity contribution < 1.29 is 4.52 Å². The van der Waals surface area contributed by atoms with Gasteiger partial charge in [0.25, 0.3) is 5.89 Å². The first kappa shape index (κ1) is 11.6. The smallest absolute Gasteiger partial charge is 0.275 e. The van der Waals surface area contributed by atoms with Gasteiger partial charge < -0.3 is 4.52 Å². The summed E-state index contributed by atoms with van der Waals surface area (Å²) >= 11 is 0. The number of rotatable bonds is 3. The highest BCUT2D eigenvalue weighted by molar-refractivity contribution is 5.64. The Morgan fingerprint density at radius 2 is 1.95 bits per heavy atom. The van der Waals surface area contributed by atoms with Gasteiger partial charge >= 0.3 is 0 Å². The van der Waals surface area contributed by atoms with Crippen LogP contribution >= 0.6 is 0 Å². The molecule has 0 fully saturated rings. The third-order valence-corrected chi connectivity index (χ3v) is 2.84. The second-order valence-corrected chi connectivity index (χ2v) is 4.65. The van der Waals surface area contributed by atoms with Crippen molar-refractivity contribution in [2.45, 2.75) is 19.8 Å². The van der Waals surface area contributed by atoms with Gasteiger partial charge in [-0.15, -0.1) is 0 Å². The highest BCUT2D eigenvalue weighted by Crippen LogP contribution is 2.23. The first-order chi connectivity index (χ1) is 9.24.